The number of nitrogens with zero attached hydrogens (tertiary/aromatic N) is 1. The average Bonchev–Trinajstić information content (AvgIpc) is 2.67. The van der Waals surface area contributed by atoms with Gasteiger partial charge in [0, 0.05) is 30.3 Å². The van der Waals surface area contributed by atoms with Crippen LogP contribution in [0, 0.1) is 0 Å². The summed E-state index contributed by atoms with van der Waals surface area (Å²) in [5.41, 5.74) is 2.27. The second-order valence-corrected chi connectivity index (χ2v) is 5.77. The molecule has 26 heavy (non-hydrogen) atoms. The molecule has 0 atom stereocenters. The molecule has 0 radical (unpaired) electrons. The van der Waals surface area contributed by atoms with Crippen LogP contribution in [0.4, 0.5) is 0 Å². The third-order valence-corrected chi connectivity index (χ3v) is 4.05. The maximum Gasteiger partial charge on any atom is 0.254 e. The summed E-state index contributed by atoms with van der Waals surface area (Å²) >= 11 is 0. The van der Waals surface area contributed by atoms with E-state index in [1.807, 2.05) is 49.4 Å². The molecule has 0 N–H and O–H groups in total. The minimum Gasteiger partial charge on any atom is -0.496 e. The molecule has 2 aromatic carbocycles. The first-order chi connectivity index (χ1) is 12.5. The van der Waals surface area contributed by atoms with Gasteiger partial charge in [-0.1, -0.05) is 30.4 Å². The molecule has 1 amide bonds. The second-order valence-electron chi connectivity index (χ2n) is 5.77. The first-order valence-corrected chi connectivity index (χ1v) is 8.31. The number of rotatable bonds is 7. The molecule has 0 aromatic heterocycles. The highest BCUT2D eigenvalue weighted by Crippen LogP contribution is 2.34. The summed E-state index contributed by atoms with van der Waals surface area (Å²) in [7, 11) is 6.53. The Morgan fingerprint density at radius 1 is 1.04 bits per heavy atom. The number of carbonyl (C=O) groups excluding carboxylic acids is 1. The Bertz CT molecular complexity index is 799. The smallest absolute Gasteiger partial charge is 0.254 e. The average molecular weight is 355 g/mol. The Labute approximate surface area is 154 Å². The number of para-hydroxylation sites is 1. The van der Waals surface area contributed by atoms with Gasteiger partial charge in [-0.25, -0.2) is 0 Å². The maximum atomic E-state index is 12.9. The van der Waals surface area contributed by atoms with Crippen molar-refractivity contribution >= 4 is 12.0 Å². The van der Waals surface area contributed by atoms with Gasteiger partial charge in [-0.2, -0.15) is 0 Å². The van der Waals surface area contributed by atoms with Crippen molar-refractivity contribution in [2.24, 2.45) is 0 Å². The first-order valence-electron chi connectivity index (χ1n) is 8.31. The van der Waals surface area contributed by atoms with Gasteiger partial charge in [0.15, 0.2) is 11.5 Å². The van der Waals surface area contributed by atoms with Crippen LogP contribution in [0.5, 0.6) is 17.2 Å². The summed E-state index contributed by atoms with van der Waals surface area (Å²) in [6.45, 7) is 2.35. The molecule has 0 fully saturated rings. The SMILES string of the molecule is C/C=C/c1cc(C(=O)N(C)Cc2ccccc2OC)cc(OC)c1OC. The molecular weight excluding hydrogens is 330 g/mol. The monoisotopic (exact) mass is 355 g/mol. The highest BCUT2D eigenvalue weighted by molar-refractivity contribution is 5.95. The normalized spacial score (nSPS) is 10.7. The second kappa shape index (κ2) is 8.94. The van der Waals surface area contributed by atoms with Crippen molar-refractivity contribution in [3.63, 3.8) is 0 Å². The van der Waals surface area contributed by atoms with Crippen LogP contribution in [0.25, 0.3) is 6.08 Å². The Morgan fingerprint density at radius 2 is 1.73 bits per heavy atom. The number of hydrogen-bond acceptors (Lipinski definition) is 4. The summed E-state index contributed by atoms with van der Waals surface area (Å²) in [5, 5.41) is 0. The summed E-state index contributed by atoms with van der Waals surface area (Å²) < 4.78 is 16.2. The van der Waals surface area contributed by atoms with E-state index in [0.29, 0.717) is 23.6 Å². The zero-order valence-corrected chi connectivity index (χ0v) is 15.9. The third-order valence-electron chi connectivity index (χ3n) is 4.05. The molecule has 5 nitrogen and oxygen atoms in total. The van der Waals surface area contributed by atoms with Crippen molar-refractivity contribution in [2.45, 2.75) is 13.5 Å². The first kappa shape index (κ1) is 19.4. The Kier molecular flexibility index (Phi) is 6.67. The molecule has 2 aromatic rings. The van der Waals surface area contributed by atoms with E-state index >= 15 is 0 Å². The van der Waals surface area contributed by atoms with E-state index in [1.54, 1.807) is 39.3 Å². The number of methoxy groups -OCH3 is 3. The molecule has 0 heterocycles. The van der Waals surface area contributed by atoms with E-state index < -0.39 is 0 Å². The minimum absolute atomic E-state index is 0.109. The number of ether oxygens (including phenoxy) is 3. The molecule has 0 saturated heterocycles. The summed E-state index contributed by atoms with van der Waals surface area (Å²) in [4.78, 5) is 14.6. The molecule has 0 aliphatic heterocycles. The van der Waals surface area contributed by atoms with Crippen LogP contribution < -0.4 is 14.2 Å². The van der Waals surface area contributed by atoms with E-state index in [2.05, 4.69) is 0 Å². The number of benzene rings is 2. The zero-order valence-electron chi connectivity index (χ0n) is 15.9. The van der Waals surface area contributed by atoms with Crippen molar-refractivity contribution in [1.82, 2.24) is 4.90 Å². The molecule has 0 aliphatic rings. The van der Waals surface area contributed by atoms with Gasteiger partial charge in [-0.15, -0.1) is 0 Å². The van der Waals surface area contributed by atoms with Crippen LogP contribution in [0.3, 0.4) is 0 Å². The number of hydrogen-bond donors (Lipinski definition) is 0. The van der Waals surface area contributed by atoms with Gasteiger partial charge in [0.25, 0.3) is 5.91 Å². The Morgan fingerprint density at radius 3 is 2.35 bits per heavy atom. The zero-order chi connectivity index (χ0) is 19.1. The molecule has 138 valence electrons. The van der Waals surface area contributed by atoms with Crippen LogP contribution in [0.15, 0.2) is 42.5 Å². The highest BCUT2D eigenvalue weighted by atomic mass is 16.5. The van der Waals surface area contributed by atoms with Gasteiger partial charge in [-0.3, -0.25) is 4.79 Å². The Hall–Kier alpha value is -2.95. The molecule has 0 aliphatic carbocycles. The largest absolute Gasteiger partial charge is 0.496 e. The molecule has 0 saturated carbocycles. The number of carbonyl (C=O) groups is 1. The van der Waals surface area contributed by atoms with Gasteiger partial charge in [-0.05, 0) is 25.1 Å². The van der Waals surface area contributed by atoms with E-state index in [0.717, 1.165) is 16.9 Å². The van der Waals surface area contributed by atoms with Crippen LogP contribution >= 0.6 is 0 Å². The fraction of sp³-hybridized carbons (Fsp3) is 0.286. The third kappa shape index (κ3) is 4.17. The number of amides is 1. The fourth-order valence-corrected chi connectivity index (χ4v) is 2.80. The van der Waals surface area contributed by atoms with E-state index in [-0.39, 0.29) is 5.91 Å². The van der Waals surface area contributed by atoms with Crippen LogP contribution in [0.1, 0.15) is 28.4 Å². The molecule has 2 rings (SSSR count). The topological polar surface area (TPSA) is 48.0 Å². The summed E-state index contributed by atoms with van der Waals surface area (Å²) in [6, 6.07) is 11.2. The van der Waals surface area contributed by atoms with Crippen molar-refractivity contribution in [1.29, 1.82) is 0 Å². The lowest BCUT2D eigenvalue weighted by atomic mass is 10.1. The van der Waals surface area contributed by atoms with E-state index in [9.17, 15) is 4.79 Å². The van der Waals surface area contributed by atoms with Gasteiger partial charge >= 0.3 is 0 Å². The van der Waals surface area contributed by atoms with Crippen LogP contribution in [0.2, 0.25) is 0 Å². The molecular formula is C21H25NO4. The molecule has 5 heteroatoms. The highest BCUT2D eigenvalue weighted by Gasteiger charge is 2.18. The lowest BCUT2D eigenvalue weighted by Crippen LogP contribution is -2.26. The Balaban J connectivity index is 2.34. The van der Waals surface area contributed by atoms with Crippen molar-refractivity contribution in [3.8, 4) is 17.2 Å². The van der Waals surface area contributed by atoms with E-state index in [4.69, 9.17) is 14.2 Å². The summed E-state index contributed by atoms with van der Waals surface area (Å²) in [6.07, 6.45) is 3.78. The van der Waals surface area contributed by atoms with Crippen LogP contribution in [-0.4, -0.2) is 39.2 Å². The van der Waals surface area contributed by atoms with Gasteiger partial charge < -0.3 is 19.1 Å². The predicted molar refractivity (Wildman–Crippen MR) is 103 cm³/mol. The lowest BCUT2D eigenvalue weighted by molar-refractivity contribution is 0.0783. The van der Waals surface area contributed by atoms with Crippen molar-refractivity contribution in [3.05, 3.63) is 59.2 Å². The minimum atomic E-state index is -0.109. The van der Waals surface area contributed by atoms with Gasteiger partial charge in [0.2, 0.25) is 0 Å². The quantitative estimate of drug-likeness (QED) is 0.753. The number of allylic oxidation sites excluding steroid dienone is 1. The van der Waals surface area contributed by atoms with Crippen LogP contribution in [-0.2, 0) is 6.54 Å². The lowest BCUT2D eigenvalue weighted by Gasteiger charge is -2.20. The standard InChI is InChI=1S/C21H25NO4/c1-6-9-15-12-17(13-19(25-4)20(15)26-5)21(23)22(2)14-16-10-7-8-11-18(16)24-3/h6-13H,14H2,1-5H3/b9-6+. The van der Waals surface area contributed by atoms with Crippen molar-refractivity contribution in [2.75, 3.05) is 28.4 Å². The van der Waals surface area contributed by atoms with E-state index in [1.165, 1.54) is 0 Å². The van der Waals surface area contributed by atoms with Gasteiger partial charge in [0.1, 0.15) is 5.75 Å². The molecule has 0 bridgehead atoms. The van der Waals surface area contributed by atoms with Gasteiger partial charge in [0.05, 0.1) is 21.3 Å². The maximum absolute atomic E-state index is 12.9. The summed E-state index contributed by atoms with van der Waals surface area (Å²) in [5.74, 6) is 1.78. The van der Waals surface area contributed by atoms with Crippen molar-refractivity contribution < 1.29 is 19.0 Å². The molecule has 0 spiro atoms. The molecule has 0 unspecified atom stereocenters. The predicted octanol–water partition coefficient (Wildman–Crippen LogP) is 4.02. The fourth-order valence-electron chi connectivity index (χ4n) is 2.80.